The molecule has 0 bridgehead atoms. The van der Waals surface area contributed by atoms with Crippen molar-refractivity contribution in [2.24, 2.45) is 0 Å². The molecule has 0 unspecified atom stereocenters. The van der Waals surface area contributed by atoms with Crippen LogP contribution in [0.25, 0.3) is 0 Å². The molecule has 0 saturated heterocycles. The molecule has 0 radical (unpaired) electrons. The third kappa shape index (κ3) is 6.31. The number of carbonyl (C=O) groups is 2. The number of thiophene rings is 2. The number of esters is 1. The molecule has 2 aromatic rings. The SMILES string of the molecule is CC(C)N1CCc2c(sc(C(F)(F)F)c2CNC(=O)Nc2sc3c(c2C(=O)OC(C)(C)C)CCCC3)C1. The number of nitrogens with one attached hydrogen (secondary N) is 2. The monoisotopic (exact) mass is 557 g/mol. The predicted octanol–water partition coefficient (Wildman–Crippen LogP) is 6.75. The molecule has 37 heavy (non-hydrogen) atoms. The number of urea groups is 1. The van der Waals surface area contributed by atoms with E-state index >= 15 is 0 Å². The van der Waals surface area contributed by atoms with Crippen LogP contribution in [0.2, 0.25) is 0 Å². The van der Waals surface area contributed by atoms with Crippen molar-refractivity contribution < 1.29 is 27.5 Å². The first kappa shape index (κ1) is 27.9. The normalized spacial score (nSPS) is 16.4. The van der Waals surface area contributed by atoms with Crippen LogP contribution in [0, 0.1) is 0 Å². The van der Waals surface area contributed by atoms with Gasteiger partial charge in [0.2, 0.25) is 0 Å². The Bertz CT molecular complexity index is 1180. The second-order valence-electron chi connectivity index (χ2n) is 10.8. The topological polar surface area (TPSA) is 70.7 Å². The molecular weight excluding hydrogens is 523 g/mol. The minimum atomic E-state index is -4.49. The van der Waals surface area contributed by atoms with E-state index in [0.29, 0.717) is 40.5 Å². The average Bonchev–Trinajstić information content (AvgIpc) is 3.33. The third-order valence-electron chi connectivity index (χ3n) is 6.61. The van der Waals surface area contributed by atoms with Crippen LogP contribution < -0.4 is 10.6 Å². The fraction of sp³-hybridized carbons (Fsp3) is 0.615. The van der Waals surface area contributed by atoms with Gasteiger partial charge in [0.1, 0.15) is 15.5 Å². The average molecular weight is 558 g/mol. The zero-order chi connectivity index (χ0) is 27.1. The van der Waals surface area contributed by atoms with Crippen LogP contribution in [0.1, 0.15) is 89.1 Å². The standard InChI is InChI=1S/C26H34F3N3O3S2/c1-14(2)32-11-10-15-17(21(26(27,28)29)36-19(15)13-32)12-30-24(34)31-22-20(23(33)35-25(3,4)5)16-8-6-7-9-18(16)37-22/h14H,6-13H2,1-5H3,(H2,30,31,34). The van der Waals surface area contributed by atoms with Crippen LogP contribution in [0.5, 0.6) is 0 Å². The summed E-state index contributed by atoms with van der Waals surface area (Å²) in [5.41, 5.74) is 1.40. The molecule has 1 aliphatic carbocycles. The van der Waals surface area contributed by atoms with Crippen LogP contribution >= 0.6 is 22.7 Å². The third-order valence-corrected chi connectivity index (χ3v) is 9.12. The number of fused-ring (bicyclic) bond motifs is 2. The van der Waals surface area contributed by atoms with Crippen molar-refractivity contribution in [3.8, 4) is 0 Å². The molecule has 204 valence electrons. The highest BCUT2D eigenvalue weighted by molar-refractivity contribution is 7.17. The molecular formula is C26H34F3N3O3S2. The number of alkyl halides is 3. The highest BCUT2D eigenvalue weighted by Gasteiger charge is 2.39. The molecule has 11 heteroatoms. The number of aryl methyl sites for hydroxylation is 1. The van der Waals surface area contributed by atoms with Crippen LogP contribution in [0.15, 0.2) is 0 Å². The minimum absolute atomic E-state index is 0.142. The Balaban J connectivity index is 1.54. The molecule has 0 saturated carbocycles. The molecule has 1 aliphatic heterocycles. The fourth-order valence-corrected chi connectivity index (χ4v) is 7.39. The number of halogens is 3. The van der Waals surface area contributed by atoms with Gasteiger partial charge in [0.05, 0.1) is 5.56 Å². The fourth-order valence-electron chi connectivity index (χ4n) is 4.86. The Hall–Kier alpha value is -2.11. The lowest BCUT2D eigenvalue weighted by Gasteiger charge is -2.30. The molecule has 0 atom stereocenters. The van der Waals surface area contributed by atoms with Gasteiger partial charge in [-0.15, -0.1) is 22.7 Å². The van der Waals surface area contributed by atoms with E-state index in [-0.39, 0.29) is 18.2 Å². The second kappa shape index (κ2) is 10.6. The molecule has 6 nitrogen and oxygen atoms in total. The van der Waals surface area contributed by atoms with Gasteiger partial charge < -0.3 is 10.1 Å². The van der Waals surface area contributed by atoms with Crippen LogP contribution in [-0.4, -0.2) is 35.1 Å². The lowest BCUT2D eigenvalue weighted by atomic mass is 9.95. The molecule has 2 amide bonds. The summed E-state index contributed by atoms with van der Waals surface area (Å²) in [5, 5.41) is 5.75. The van der Waals surface area contributed by atoms with Crippen molar-refractivity contribution in [1.29, 1.82) is 0 Å². The summed E-state index contributed by atoms with van der Waals surface area (Å²) in [6.45, 7) is 10.3. The van der Waals surface area contributed by atoms with Crippen molar-refractivity contribution >= 4 is 39.7 Å². The summed E-state index contributed by atoms with van der Waals surface area (Å²) in [7, 11) is 0. The summed E-state index contributed by atoms with van der Waals surface area (Å²) in [6.07, 6.45) is -0.475. The molecule has 4 rings (SSSR count). The van der Waals surface area contributed by atoms with Gasteiger partial charge in [0.15, 0.2) is 0 Å². The number of anilines is 1. The number of nitrogens with zero attached hydrogens (tertiary/aromatic N) is 1. The van der Waals surface area contributed by atoms with E-state index in [9.17, 15) is 22.8 Å². The summed E-state index contributed by atoms with van der Waals surface area (Å²) >= 11 is 2.12. The van der Waals surface area contributed by atoms with E-state index < -0.39 is 28.7 Å². The first-order valence-electron chi connectivity index (χ1n) is 12.6. The highest BCUT2D eigenvalue weighted by atomic mass is 32.1. The Labute approximate surface area is 223 Å². The van der Waals surface area contributed by atoms with E-state index in [4.69, 9.17) is 4.74 Å². The minimum Gasteiger partial charge on any atom is -0.456 e. The van der Waals surface area contributed by atoms with Crippen LogP contribution in [-0.2, 0) is 43.3 Å². The zero-order valence-electron chi connectivity index (χ0n) is 21.9. The highest BCUT2D eigenvalue weighted by Crippen LogP contribution is 2.43. The molecule has 0 aromatic carbocycles. The first-order chi connectivity index (χ1) is 17.2. The van der Waals surface area contributed by atoms with Gasteiger partial charge in [-0.1, -0.05) is 0 Å². The maximum absolute atomic E-state index is 13.9. The molecule has 0 spiro atoms. The number of amides is 2. The van der Waals surface area contributed by atoms with Crippen molar-refractivity contribution in [1.82, 2.24) is 10.2 Å². The summed E-state index contributed by atoms with van der Waals surface area (Å²) < 4.78 is 47.3. The van der Waals surface area contributed by atoms with E-state index in [1.807, 2.05) is 13.8 Å². The van der Waals surface area contributed by atoms with Crippen molar-refractivity contribution in [2.75, 3.05) is 11.9 Å². The maximum atomic E-state index is 13.9. The molecule has 2 aliphatic rings. The molecule has 2 N–H and O–H groups in total. The number of ether oxygens (including phenoxy) is 1. The van der Waals surface area contributed by atoms with E-state index in [1.165, 1.54) is 11.3 Å². The van der Waals surface area contributed by atoms with Gasteiger partial charge in [0, 0.05) is 35.4 Å². The second-order valence-corrected chi connectivity index (χ2v) is 13.1. The van der Waals surface area contributed by atoms with Gasteiger partial charge >= 0.3 is 18.2 Å². The Morgan fingerprint density at radius 2 is 1.73 bits per heavy atom. The van der Waals surface area contributed by atoms with E-state index in [0.717, 1.165) is 47.5 Å². The molecule has 3 heterocycles. The van der Waals surface area contributed by atoms with E-state index in [1.54, 1.807) is 20.8 Å². The molecule has 0 fully saturated rings. The Morgan fingerprint density at radius 1 is 1.03 bits per heavy atom. The zero-order valence-corrected chi connectivity index (χ0v) is 23.5. The van der Waals surface area contributed by atoms with Crippen molar-refractivity contribution in [3.63, 3.8) is 0 Å². The van der Waals surface area contributed by atoms with E-state index in [2.05, 4.69) is 15.5 Å². The van der Waals surface area contributed by atoms with Gasteiger partial charge in [-0.2, -0.15) is 13.2 Å². The number of rotatable bonds is 5. The number of hydrogen-bond donors (Lipinski definition) is 2. The van der Waals surface area contributed by atoms with Crippen molar-refractivity contribution in [2.45, 2.75) is 97.6 Å². The van der Waals surface area contributed by atoms with Crippen LogP contribution in [0.4, 0.5) is 23.0 Å². The van der Waals surface area contributed by atoms with Crippen LogP contribution in [0.3, 0.4) is 0 Å². The predicted molar refractivity (Wildman–Crippen MR) is 141 cm³/mol. The van der Waals surface area contributed by atoms with Crippen molar-refractivity contribution in [3.05, 3.63) is 36.9 Å². The Morgan fingerprint density at radius 3 is 2.38 bits per heavy atom. The summed E-state index contributed by atoms with van der Waals surface area (Å²) in [5.74, 6) is -0.497. The number of hydrogen-bond acceptors (Lipinski definition) is 6. The lowest BCUT2D eigenvalue weighted by molar-refractivity contribution is -0.135. The summed E-state index contributed by atoms with van der Waals surface area (Å²) in [6, 6.07) is -0.399. The smallest absolute Gasteiger partial charge is 0.425 e. The quantitative estimate of drug-likeness (QED) is 0.399. The van der Waals surface area contributed by atoms with Gasteiger partial charge in [-0.25, -0.2) is 9.59 Å². The lowest BCUT2D eigenvalue weighted by Crippen LogP contribution is -2.36. The first-order valence-corrected chi connectivity index (χ1v) is 14.2. The van der Waals surface area contributed by atoms with Gasteiger partial charge in [-0.05, 0) is 83.4 Å². The van der Waals surface area contributed by atoms with Gasteiger partial charge in [-0.3, -0.25) is 10.2 Å². The largest absolute Gasteiger partial charge is 0.456 e. The molecule has 2 aromatic heterocycles. The summed E-state index contributed by atoms with van der Waals surface area (Å²) in [4.78, 5) is 29.2. The maximum Gasteiger partial charge on any atom is 0.425 e. The number of carbonyl (C=O) groups excluding carboxylic acids is 2. The van der Waals surface area contributed by atoms with Gasteiger partial charge in [0.25, 0.3) is 0 Å². The Kier molecular flexibility index (Phi) is 7.97.